The number of carbonyl (C=O) groups excluding carboxylic acids is 2. The van der Waals surface area contributed by atoms with Crippen molar-refractivity contribution in [2.75, 3.05) is 13.1 Å². The molecule has 0 aliphatic rings. The lowest BCUT2D eigenvalue weighted by Crippen LogP contribution is -2.44. The number of imidazole rings is 1. The van der Waals surface area contributed by atoms with Crippen molar-refractivity contribution in [1.29, 1.82) is 0 Å². The molecule has 1 heterocycles. The molecule has 176 valence electrons. The van der Waals surface area contributed by atoms with E-state index >= 15 is 0 Å². The van der Waals surface area contributed by atoms with Gasteiger partial charge >= 0.3 is 5.69 Å². The zero-order valence-electron chi connectivity index (χ0n) is 18.7. The third-order valence-corrected chi connectivity index (χ3v) is 7.34. The highest BCUT2D eigenvalue weighted by Gasteiger charge is 2.22. The van der Waals surface area contributed by atoms with E-state index in [1.54, 1.807) is 36.6 Å². The van der Waals surface area contributed by atoms with E-state index in [1.165, 1.54) is 33.1 Å². The molecule has 3 aromatic rings. The van der Waals surface area contributed by atoms with E-state index < -0.39 is 21.8 Å². The Labute approximate surface area is 191 Å². The van der Waals surface area contributed by atoms with Crippen LogP contribution in [0.1, 0.15) is 31.1 Å². The lowest BCUT2D eigenvalue weighted by Gasteiger charge is -2.18. The summed E-state index contributed by atoms with van der Waals surface area (Å²) in [6.07, 6.45) is 0. The average Bonchev–Trinajstić information content (AvgIpc) is 3.08. The van der Waals surface area contributed by atoms with Crippen LogP contribution in [0.3, 0.4) is 0 Å². The molecule has 2 aromatic carbocycles. The number of amides is 2. The summed E-state index contributed by atoms with van der Waals surface area (Å²) in [5.74, 6) is -1.28. The number of sulfonamides is 1. The Morgan fingerprint density at radius 3 is 2.15 bits per heavy atom. The Kier molecular flexibility index (Phi) is 7.34. The largest absolute Gasteiger partial charge is 0.329 e. The second-order valence-corrected chi connectivity index (χ2v) is 9.16. The minimum absolute atomic E-state index is 0.0101. The third-order valence-electron chi connectivity index (χ3n) is 5.30. The molecule has 11 heteroatoms. The molecule has 0 aliphatic carbocycles. The lowest BCUT2D eigenvalue weighted by molar-refractivity contribution is -0.122. The molecule has 0 unspecified atom stereocenters. The van der Waals surface area contributed by atoms with Gasteiger partial charge in [0.25, 0.3) is 11.8 Å². The number of para-hydroxylation sites is 2. The summed E-state index contributed by atoms with van der Waals surface area (Å²) in [7, 11) is -3.73. The van der Waals surface area contributed by atoms with Gasteiger partial charge in [-0.3, -0.25) is 29.6 Å². The minimum atomic E-state index is -3.73. The fourth-order valence-corrected chi connectivity index (χ4v) is 5.13. The van der Waals surface area contributed by atoms with Crippen LogP contribution < -0.4 is 16.5 Å². The van der Waals surface area contributed by atoms with Gasteiger partial charge < -0.3 is 0 Å². The molecular weight excluding hydrogens is 446 g/mol. The van der Waals surface area contributed by atoms with Crippen molar-refractivity contribution in [2.24, 2.45) is 0 Å². The third kappa shape index (κ3) is 4.83. The molecule has 3 rings (SSSR count). The van der Waals surface area contributed by atoms with Crippen LogP contribution in [0, 0.1) is 0 Å². The van der Waals surface area contributed by atoms with Crippen molar-refractivity contribution in [2.45, 2.75) is 38.8 Å². The topological polar surface area (TPSA) is 123 Å². The van der Waals surface area contributed by atoms with Crippen molar-refractivity contribution < 1.29 is 18.0 Å². The zero-order valence-corrected chi connectivity index (χ0v) is 19.6. The van der Waals surface area contributed by atoms with Crippen molar-refractivity contribution in [3.63, 3.8) is 0 Å². The minimum Gasteiger partial charge on any atom is -0.292 e. The second kappa shape index (κ2) is 10.0. The lowest BCUT2D eigenvalue weighted by atomic mass is 10.2. The summed E-state index contributed by atoms with van der Waals surface area (Å²) in [5.41, 5.74) is 5.63. The van der Waals surface area contributed by atoms with Crippen LogP contribution in [0.25, 0.3) is 11.0 Å². The fraction of sp³-hybridized carbons (Fsp3) is 0.318. The summed E-state index contributed by atoms with van der Waals surface area (Å²) >= 11 is 0. The average molecular weight is 474 g/mol. The first-order chi connectivity index (χ1) is 15.7. The maximum atomic E-state index is 12.7. The number of aryl methyl sites for hydroxylation is 1. The van der Waals surface area contributed by atoms with E-state index in [0.717, 1.165) is 0 Å². The number of nitrogens with one attached hydrogen (secondary N) is 2. The molecule has 0 fully saturated rings. The summed E-state index contributed by atoms with van der Waals surface area (Å²) in [5, 5.41) is 0. The predicted molar refractivity (Wildman–Crippen MR) is 124 cm³/mol. The summed E-state index contributed by atoms with van der Waals surface area (Å²) in [6, 6.07) is 12.7. The number of fused-ring (bicyclic) bond motifs is 1. The molecule has 0 atom stereocenters. The highest BCUT2D eigenvalue weighted by Crippen LogP contribution is 2.17. The van der Waals surface area contributed by atoms with Gasteiger partial charge in [0.05, 0.1) is 15.9 Å². The summed E-state index contributed by atoms with van der Waals surface area (Å²) < 4.78 is 29.6. The molecule has 0 saturated carbocycles. The SMILES string of the molecule is CCN(CC)S(=O)(=O)c1cccc(C(=O)NNC(=O)Cn2c(=O)n(CC)c3ccccc32)c1. The molecule has 0 aliphatic heterocycles. The quantitative estimate of drug-likeness (QED) is 0.478. The van der Waals surface area contributed by atoms with Crippen LogP contribution in [0.5, 0.6) is 0 Å². The van der Waals surface area contributed by atoms with E-state index in [0.29, 0.717) is 30.7 Å². The molecule has 10 nitrogen and oxygen atoms in total. The first kappa shape index (κ1) is 24.2. The van der Waals surface area contributed by atoms with Gasteiger partial charge in [-0.1, -0.05) is 32.0 Å². The number of hydrogen-bond donors (Lipinski definition) is 2. The van der Waals surface area contributed by atoms with Gasteiger partial charge in [0, 0.05) is 25.2 Å². The maximum absolute atomic E-state index is 12.7. The van der Waals surface area contributed by atoms with Gasteiger partial charge in [-0.15, -0.1) is 0 Å². The molecule has 33 heavy (non-hydrogen) atoms. The van der Waals surface area contributed by atoms with Gasteiger partial charge in [-0.05, 0) is 37.3 Å². The Morgan fingerprint density at radius 2 is 1.55 bits per heavy atom. The molecule has 2 amide bonds. The van der Waals surface area contributed by atoms with Gasteiger partial charge in [0.1, 0.15) is 6.54 Å². The van der Waals surface area contributed by atoms with Crippen molar-refractivity contribution in [3.05, 3.63) is 64.6 Å². The number of carbonyl (C=O) groups is 2. The zero-order chi connectivity index (χ0) is 24.2. The molecule has 0 spiro atoms. The number of hydrogen-bond acceptors (Lipinski definition) is 5. The van der Waals surface area contributed by atoms with Gasteiger partial charge in [0.15, 0.2) is 0 Å². The van der Waals surface area contributed by atoms with E-state index in [1.807, 2.05) is 13.0 Å². The normalized spacial score (nSPS) is 11.6. The number of nitrogens with zero attached hydrogens (tertiary/aromatic N) is 3. The molecular formula is C22H27N5O5S. The molecule has 0 saturated heterocycles. The Morgan fingerprint density at radius 1 is 0.909 bits per heavy atom. The molecule has 2 N–H and O–H groups in total. The smallest absolute Gasteiger partial charge is 0.292 e. The van der Waals surface area contributed by atoms with Crippen LogP contribution >= 0.6 is 0 Å². The van der Waals surface area contributed by atoms with E-state index in [2.05, 4.69) is 10.9 Å². The molecule has 1 aromatic heterocycles. The summed E-state index contributed by atoms with van der Waals surface area (Å²) in [4.78, 5) is 37.6. The van der Waals surface area contributed by atoms with Crippen LogP contribution in [0.15, 0.2) is 58.2 Å². The first-order valence-electron chi connectivity index (χ1n) is 10.6. The van der Waals surface area contributed by atoms with Crippen LogP contribution in [-0.4, -0.2) is 46.8 Å². The number of benzene rings is 2. The maximum Gasteiger partial charge on any atom is 0.329 e. The van der Waals surface area contributed by atoms with Gasteiger partial charge in [-0.2, -0.15) is 4.31 Å². The fourth-order valence-electron chi connectivity index (χ4n) is 3.62. The van der Waals surface area contributed by atoms with Gasteiger partial charge in [0.2, 0.25) is 10.0 Å². The Bertz CT molecular complexity index is 1340. The van der Waals surface area contributed by atoms with E-state index in [-0.39, 0.29) is 22.7 Å². The van der Waals surface area contributed by atoms with Crippen LogP contribution in [0.4, 0.5) is 0 Å². The molecule has 0 bridgehead atoms. The monoisotopic (exact) mass is 473 g/mol. The van der Waals surface area contributed by atoms with Crippen molar-refractivity contribution >= 4 is 32.9 Å². The molecule has 0 radical (unpaired) electrons. The number of aromatic nitrogens is 2. The van der Waals surface area contributed by atoms with Crippen molar-refractivity contribution in [1.82, 2.24) is 24.3 Å². The highest BCUT2D eigenvalue weighted by atomic mass is 32.2. The number of hydrazine groups is 1. The van der Waals surface area contributed by atoms with E-state index in [4.69, 9.17) is 0 Å². The predicted octanol–water partition coefficient (Wildman–Crippen LogP) is 1.31. The Hall–Kier alpha value is -3.44. The Balaban J connectivity index is 1.73. The first-order valence-corrected chi connectivity index (χ1v) is 12.1. The van der Waals surface area contributed by atoms with Crippen molar-refractivity contribution in [3.8, 4) is 0 Å². The number of rotatable bonds is 8. The van der Waals surface area contributed by atoms with Crippen LogP contribution in [-0.2, 0) is 27.9 Å². The summed E-state index contributed by atoms with van der Waals surface area (Å²) in [6.45, 7) is 6.08. The van der Waals surface area contributed by atoms with E-state index in [9.17, 15) is 22.8 Å². The highest BCUT2D eigenvalue weighted by molar-refractivity contribution is 7.89. The second-order valence-electron chi connectivity index (χ2n) is 7.22. The van der Waals surface area contributed by atoms with Gasteiger partial charge in [-0.25, -0.2) is 13.2 Å². The van der Waals surface area contributed by atoms with Crippen LogP contribution in [0.2, 0.25) is 0 Å². The standard InChI is InChI=1S/C22H27N5O5S/c1-4-25(5-2)33(31,32)17-11-9-10-16(14-17)21(29)24-23-20(28)15-27-19-13-8-7-12-18(19)26(6-3)22(27)30/h7-14H,4-6,15H2,1-3H3,(H,23,28)(H,24,29).